The topological polar surface area (TPSA) is 0 Å². The van der Waals surface area contributed by atoms with Gasteiger partial charge >= 0.3 is 0 Å². The molecule has 0 aromatic carbocycles. The summed E-state index contributed by atoms with van der Waals surface area (Å²) in [6, 6.07) is 0. The summed E-state index contributed by atoms with van der Waals surface area (Å²) < 4.78 is 0. The highest BCUT2D eigenvalue weighted by Gasteiger charge is 2.23. The molecular weight excluding hydrogens is 168 g/mol. The van der Waals surface area contributed by atoms with Gasteiger partial charge < -0.3 is 0 Å². The van der Waals surface area contributed by atoms with E-state index in [1.165, 1.54) is 24.8 Å². The molecule has 0 fully saturated rings. The fourth-order valence-corrected chi connectivity index (χ4v) is 2.65. The first-order chi connectivity index (χ1) is 6.95. The Morgan fingerprint density at radius 3 is 3.00 bits per heavy atom. The van der Waals surface area contributed by atoms with Gasteiger partial charge in [-0.25, -0.2) is 0 Å². The highest BCUT2D eigenvalue weighted by molar-refractivity contribution is 5.55. The molecule has 0 spiro atoms. The maximum atomic E-state index is 2.35. The molecule has 0 amide bonds. The molecule has 0 radical (unpaired) electrons. The van der Waals surface area contributed by atoms with Crippen molar-refractivity contribution in [2.24, 2.45) is 5.92 Å². The fourth-order valence-electron chi connectivity index (χ4n) is 2.65. The Kier molecular flexibility index (Phi) is 1.80. The average molecular weight is 182 g/mol. The molecule has 0 heterocycles. The summed E-state index contributed by atoms with van der Waals surface area (Å²) in [5, 5.41) is 0. The molecule has 3 aliphatic carbocycles. The summed E-state index contributed by atoms with van der Waals surface area (Å²) in [6.07, 6.45) is 19.6. The van der Waals surface area contributed by atoms with Crippen molar-refractivity contribution in [2.75, 3.05) is 0 Å². The van der Waals surface area contributed by atoms with Crippen LogP contribution < -0.4 is 0 Å². The van der Waals surface area contributed by atoms with Gasteiger partial charge in [-0.05, 0) is 36.0 Å². The second kappa shape index (κ2) is 3.13. The molecule has 0 bridgehead atoms. The molecule has 14 heavy (non-hydrogen) atoms. The lowest BCUT2D eigenvalue weighted by molar-refractivity contribution is 0.590. The Morgan fingerprint density at radius 2 is 2.00 bits per heavy atom. The third-order valence-electron chi connectivity index (χ3n) is 3.29. The second-order valence-corrected chi connectivity index (χ2v) is 4.16. The first-order valence-electron chi connectivity index (χ1n) is 5.42. The number of hydrogen-bond donors (Lipinski definition) is 0. The van der Waals surface area contributed by atoms with E-state index in [2.05, 4.69) is 42.5 Å². The van der Waals surface area contributed by atoms with E-state index in [1.807, 2.05) is 0 Å². The van der Waals surface area contributed by atoms with Gasteiger partial charge in [0.05, 0.1) is 0 Å². The first-order valence-corrected chi connectivity index (χ1v) is 5.42. The maximum Gasteiger partial charge on any atom is 0.00298 e. The van der Waals surface area contributed by atoms with Crippen LogP contribution in [0.4, 0.5) is 0 Å². The van der Waals surface area contributed by atoms with Crippen LogP contribution in [0.25, 0.3) is 0 Å². The van der Waals surface area contributed by atoms with E-state index < -0.39 is 0 Å². The van der Waals surface area contributed by atoms with Crippen LogP contribution in [0.15, 0.2) is 59.3 Å². The van der Waals surface area contributed by atoms with Crippen molar-refractivity contribution in [3.63, 3.8) is 0 Å². The van der Waals surface area contributed by atoms with Gasteiger partial charge in [-0.1, -0.05) is 42.5 Å². The Morgan fingerprint density at radius 1 is 1.07 bits per heavy atom. The van der Waals surface area contributed by atoms with Gasteiger partial charge in [0.1, 0.15) is 0 Å². The minimum absolute atomic E-state index is 0.686. The largest absolute Gasteiger partial charge is 0.0770 e. The summed E-state index contributed by atoms with van der Waals surface area (Å²) in [7, 11) is 0. The maximum absolute atomic E-state index is 2.35. The van der Waals surface area contributed by atoms with Crippen molar-refractivity contribution >= 4 is 0 Å². The third kappa shape index (κ3) is 1.14. The molecule has 0 aromatic heterocycles. The summed E-state index contributed by atoms with van der Waals surface area (Å²) >= 11 is 0. The van der Waals surface area contributed by atoms with E-state index in [9.17, 15) is 0 Å². The molecule has 0 saturated heterocycles. The van der Waals surface area contributed by atoms with E-state index in [1.54, 1.807) is 11.1 Å². The Labute approximate surface area is 85.0 Å². The summed E-state index contributed by atoms with van der Waals surface area (Å²) in [4.78, 5) is 0. The second-order valence-electron chi connectivity index (χ2n) is 4.16. The van der Waals surface area contributed by atoms with E-state index >= 15 is 0 Å². The molecule has 3 aliphatic rings. The minimum Gasteiger partial charge on any atom is -0.0770 e. The van der Waals surface area contributed by atoms with Crippen LogP contribution in [0.1, 0.15) is 19.3 Å². The van der Waals surface area contributed by atoms with Crippen LogP contribution in [-0.2, 0) is 0 Å². The smallest absolute Gasteiger partial charge is 0.00298 e. The van der Waals surface area contributed by atoms with Gasteiger partial charge in [0.2, 0.25) is 0 Å². The zero-order valence-electron chi connectivity index (χ0n) is 8.24. The lowest BCUT2D eigenvalue weighted by atomic mass is 9.77. The molecule has 0 N–H and O–H groups in total. The Balaban J connectivity index is 2.19. The van der Waals surface area contributed by atoms with Gasteiger partial charge in [0.15, 0.2) is 0 Å². The van der Waals surface area contributed by atoms with Crippen LogP contribution in [0.3, 0.4) is 0 Å². The highest BCUT2D eigenvalue weighted by atomic mass is 14.3. The van der Waals surface area contributed by atoms with Crippen molar-refractivity contribution in [2.45, 2.75) is 19.3 Å². The van der Waals surface area contributed by atoms with Crippen molar-refractivity contribution in [3.05, 3.63) is 59.3 Å². The fraction of sp³-hybridized carbons (Fsp3) is 0.286. The first kappa shape index (κ1) is 8.05. The molecule has 1 atom stereocenters. The summed E-state index contributed by atoms with van der Waals surface area (Å²) in [6.45, 7) is 0. The molecule has 0 saturated carbocycles. The van der Waals surface area contributed by atoms with Crippen LogP contribution in [0.5, 0.6) is 0 Å². The summed E-state index contributed by atoms with van der Waals surface area (Å²) in [5.74, 6) is 0.686. The molecular formula is C14H14. The normalized spacial score (nSPS) is 28.6. The SMILES string of the molecule is C1=CC2=CC=CC3CCCC(=C23)C=C1. The Bertz CT molecular complexity index is 400. The van der Waals surface area contributed by atoms with Gasteiger partial charge in [-0.15, -0.1) is 0 Å². The van der Waals surface area contributed by atoms with E-state index in [-0.39, 0.29) is 0 Å². The predicted octanol–water partition coefficient (Wildman–Crippen LogP) is 3.71. The predicted molar refractivity (Wildman–Crippen MR) is 59.9 cm³/mol. The van der Waals surface area contributed by atoms with Crippen LogP contribution in [-0.4, -0.2) is 0 Å². The van der Waals surface area contributed by atoms with Crippen LogP contribution in [0, 0.1) is 5.92 Å². The zero-order chi connectivity index (χ0) is 9.38. The molecule has 0 nitrogen and oxygen atoms in total. The molecule has 0 aliphatic heterocycles. The molecule has 70 valence electrons. The highest BCUT2D eigenvalue weighted by Crippen LogP contribution is 2.39. The molecule has 3 rings (SSSR count). The average Bonchev–Trinajstić information content (AvgIpc) is 2.44. The van der Waals surface area contributed by atoms with E-state index in [0.717, 1.165) is 0 Å². The molecule has 0 aromatic rings. The lowest BCUT2D eigenvalue weighted by Crippen LogP contribution is -2.12. The molecule has 1 unspecified atom stereocenters. The number of hydrogen-bond acceptors (Lipinski definition) is 0. The minimum atomic E-state index is 0.686. The molecule has 0 heteroatoms. The third-order valence-corrected chi connectivity index (χ3v) is 3.29. The van der Waals surface area contributed by atoms with Crippen molar-refractivity contribution in [3.8, 4) is 0 Å². The Hall–Kier alpha value is -1.30. The monoisotopic (exact) mass is 182 g/mol. The number of rotatable bonds is 0. The number of allylic oxidation sites excluding steroid dienone is 10. The van der Waals surface area contributed by atoms with E-state index in [4.69, 9.17) is 0 Å². The van der Waals surface area contributed by atoms with Crippen molar-refractivity contribution < 1.29 is 0 Å². The standard InChI is InChI=1S/C14H14/c1-2-6-12-8-4-10-13-9-3-7-11(5-1)14(12)13/h1-3,5-7,9,13H,4,8,10H2. The zero-order valence-corrected chi connectivity index (χ0v) is 8.24. The summed E-state index contributed by atoms with van der Waals surface area (Å²) in [5.41, 5.74) is 4.57. The van der Waals surface area contributed by atoms with Gasteiger partial charge in [-0.3, -0.25) is 0 Å². The van der Waals surface area contributed by atoms with Gasteiger partial charge in [-0.2, -0.15) is 0 Å². The van der Waals surface area contributed by atoms with Crippen LogP contribution in [0.2, 0.25) is 0 Å². The van der Waals surface area contributed by atoms with Crippen molar-refractivity contribution in [1.29, 1.82) is 0 Å². The lowest BCUT2D eigenvalue weighted by Gasteiger charge is -2.27. The quantitative estimate of drug-likeness (QED) is 0.535. The van der Waals surface area contributed by atoms with Gasteiger partial charge in [0, 0.05) is 5.92 Å². The van der Waals surface area contributed by atoms with Gasteiger partial charge in [0.25, 0.3) is 0 Å². The van der Waals surface area contributed by atoms with E-state index in [0.29, 0.717) is 5.92 Å². The van der Waals surface area contributed by atoms with Crippen LogP contribution >= 0.6 is 0 Å². The van der Waals surface area contributed by atoms with Crippen molar-refractivity contribution in [1.82, 2.24) is 0 Å².